The third-order valence-corrected chi connectivity index (χ3v) is 3.72. The first-order valence-electron chi connectivity index (χ1n) is 6.57. The second-order valence-corrected chi connectivity index (χ2v) is 4.88. The topological polar surface area (TPSA) is 53.7 Å². The number of nitrogens with two attached hydrogens (primary N) is 1. The van der Waals surface area contributed by atoms with Gasteiger partial charge in [0.1, 0.15) is 13.2 Å². The van der Waals surface area contributed by atoms with Crippen LogP contribution in [0.5, 0.6) is 11.5 Å². The molecule has 3 rings (SSSR count). The molecule has 1 aromatic rings. The normalized spacial score (nSPS) is 20.5. The molecule has 2 N–H and O–H groups in total. The van der Waals surface area contributed by atoms with Crippen LogP contribution in [0.15, 0.2) is 18.2 Å². The summed E-state index contributed by atoms with van der Waals surface area (Å²) in [6.45, 7) is 2.88. The maximum atomic E-state index is 6.35. The molecule has 1 fully saturated rings. The number of hydrogen-bond donors (Lipinski definition) is 1. The third kappa shape index (κ3) is 3.14. The molecule has 4 nitrogen and oxygen atoms in total. The lowest BCUT2D eigenvalue weighted by Gasteiger charge is -2.28. The van der Waals surface area contributed by atoms with E-state index in [9.17, 15) is 0 Å². The smallest absolute Gasteiger partial charge is 0.161 e. The van der Waals surface area contributed by atoms with Crippen molar-refractivity contribution in [1.29, 1.82) is 0 Å². The van der Waals surface area contributed by atoms with Crippen molar-refractivity contribution in [2.45, 2.75) is 18.9 Å². The first-order chi connectivity index (χ1) is 8.84. The van der Waals surface area contributed by atoms with E-state index in [2.05, 4.69) is 0 Å². The monoisotopic (exact) mass is 285 g/mol. The predicted molar refractivity (Wildman–Crippen MR) is 75.2 cm³/mol. The van der Waals surface area contributed by atoms with Crippen LogP contribution < -0.4 is 15.2 Å². The lowest BCUT2D eigenvalue weighted by atomic mass is 9.87. The molecule has 2 aliphatic heterocycles. The van der Waals surface area contributed by atoms with Gasteiger partial charge in [0.2, 0.25) is 0 Å². The highest BCUT2D eigenvalue weighted by molar-refractivity contribution is 5.85. The highest BCUT2D eigenvalue weighted by Crippen LogP contribution is 2.35. The van der Waals surface area contributed by atoms with Crippen LogP contribution in [0, 0.1) is 5.92 Å². The molecule has 0 radical (unpaired) electrons. The minimum absolute atomic E-state index is 0. The number of halogens is 1. The Hall–Kier alpha value is -0.970. The van der Waals surface area contributed by atoms with Crippen molar-refractivity contribution in [3.8, 4) is 11.5 Å². The SMILES string of the molecule is Cl.N[C@@H](c1ccc2c(c1)OCCO2)C1CCOCC1. The fraction of sp³-hybridized carbons (Fsp3) is 0.571. The summed E-state index contributed by atoms with van der Waals surface area (Å²) in [6.07, 6.45) is 2.07. The van der Waals surface area contributed by atoms with Crippen LogP contribution in [0.25, 0.3) is 0 Å². The highest BCUT2D eigenvalue weighted by Gasteiger charge is 2.23. The first-order valence-corrected chi connectivity index (χ1v) is 6.57. The van der Waals surface area contributed by atoms with Gasteiger partial charge in [0.15, 0.2) is 11.5 Å². The summed E-state index contributed by atoms with van der Waals surface area (Å²) in [5, 5.41) is 0. The molecule has 0 aromatic heterocycles. The fourth-order valence-corrected chi connectivity index (χ4v) is 2.61. The van der Waals surface area contributed by atoms with E-state index < -0.39 is 0 Å². The van der Waals surface area contributed by atoms with E-state index >= 15 is 0 Å². The van der Waals surface area contributed by atoms with Gasteiger partial charge in [-0.05, 0) is 36.5 Å². The van der Waals surface area contributed by atoms with E-state index in [4.69, 9.17) is 19.9 Å². The molecular formula is C14H20ClNO3. The average molecular weight is 286 g/mol. The summed E-state index contributed by atoms with van der Waals surface area (Å²) < 4.78 is 16.5. The lowest BCUT2D eigenvalue weighted by Crippen LogP contribution is -2.27. The van der Waals surface area contributed by atoms with Crippen molar-refractivity contribution in [2.75, 3.05) is 26.4 Å². The molecule has 2 heterocycles. The van der Waals surface area contributed by atoms with E-state index in [0.717, 1.165) is 43.1 Å². The van der Waals surface area contributed by atoms with Crippen molar-refractivity contribution in [1.82, 2.24) is 0 Å². The van der Waals surface area contributed by atoms with Gasteiger partial charge in [0.25, 0.3) is 0 Å². The molecule has 0 unspecified atom stereocenters. The third-order valence-electron chi connectivity index (χ3n) is 3.72. The minimum atomic E-state index is 0. The first kappa shape index (κ1) is 14.4. The van der Waals surface area contributed by atoms with E-state index in [1.165, 1.54) is 0 Å². The summed E-state index contributed by atoms with van der Waals surface area (Å²) in [6, 6.07) is 6.09. The second-order valence-electron chi connectivity index (χ2n) is 4.88. The van der Waals surface area contributed by atoms with Crippen molar-refractivity contribution in [3.63, 3.8) is 0 Å². The Morgan fingerprint density at radius 2 is 1.68 bits per heavy atom. The zero-order chi connectivity index (χ0) is 12.4. The van der Waals surface area contributed by atoms with E-state index in [1.54, 1.807) is 0 Å². The Bertz CT molecular complexity index is 421. The van der Waals surface area contributed by atoms with Crippen molar-refractivity contribution in [2.24, 2.45) is 11.7 Å². The van der Waals surface area contributed by atoms with Gasteiger partial charge in [-0.2, -0.15) is 0 Å². The predicted octanol–water partition coefficient (Wildman–Crippen LogP) is 2.31. The molecule has 0 saturated carbocycles. The Balaban J connectivity index is 0.00000133. The van der Waals surface area contributed by atoms with Crippen LogP contribution in [0.4, 0.5) is 0 Å². The fourth-order valence-electron chi connectivity index (χ4n) is 2.61. The van der Waals surface area contributed by atoms with Gasteiger partial charge in [-0.3, -0.25) is 0 Å². The lowest BCUT2D eigenvalue weighted by molar-refractivity contribution is 0.0583. The van der Waals surface area contributed by atoms with Crippen LogP contribution in [-0.4, -0.2) is 26.4 Å². The summed E-state index contributed by atoms with van der Waals surface area (Å²) in [5.41, 5.74) is 7.48. The maximum Gasteiger partial charge on any atom is 0.161 e. The average Bonchev–Trinajstić information content (AvgIpc) is 2.47. The Labute approximate surface area is 119 Å². The van der Waals surface area contributed by atoms with Gasteiger partial charge in [-0.25, -0.2) is 0 Å². The Kier molecular flexibility index (Phi) is 4.91. The molecule has 1 aromatic carbocycles. The van der Waals surface area contributed by atoms with Crippen LogP contribution in [0.2, 0.25) is 0 Å². The highest BCUT2D eigenvalue weighted by atomic mass is 35.5. The van der Waals surface area contributed by atoms with Gasteiger partial charge in [-0.15, -0.1) is 12.4 Å². The van der Waals surface area contributed by atoms with Gasteiger partial charge in [-0.1, -0.05) is 6.07 Å². The summed E-state index contributed by atoms with van der Waals surface area (Å²) in [4.78, 5) is 0. The van der Waals surface area contributed by atoms with Crippen LogP contribution in [-0.2, 0) is 4.74 Å². The van der Waals surface area contributed by atoms with E-state index in [-0.39, 0.29) is 18.4 Å². The zero-order valence-corrected chi connectivity index (χ0v) is 11.7. The van der Waals surface area contributed by atoms with Gasteiger partial charge >= 0.3 is 0 Å². The molecule has 5 heteroatoms. The van der Waals surface area contributed by atoms with Gasteiger partial charge in [0, 0.05) is 19.3 Å². The van der Waals surface area contributed by atoms with Gasteiger partial charge in [0.05, 0.1) is 0 Å². The minimum Gasteiger partial charge on any atom is -0.486 e. The van der Waals surface area contributed by atoms with Crippen LogP contribution in [0.1, 0.15) is 24.4 Å². The molecule has 19 heavy (non-hydrogen) atoms. The molecule has 0 amide bonds. The quantitative estimate of drug-likeness (QED) is 0.906. The molecule has 1 atom stereocenters. The summed E-state index contributed by atoms with van der Waals surface area (Å²) in [5.74, 6) is 2.15. The molecule has 0 aliphatic carbocycles. The number of rotatable bonds is 2. The summed E-state index contributed by atoms with van der Waals surface area (Å²) >= 11 is 0. The zero-order valence-electron chi connectivity index (χ0n) is 10.8. The van der Waals surface area contributed by atoms with Crippen molar-refractivity contribution < 1.29 is 14.2 Å². The van der Waals surface area contributed by atoms with Gasteiger partial charge < -0.3 is 19.9 Å². The Morgan fingerprint density at radius 1 is 1.00 bits per heavy atom. The van der Waals surface area contributed by atoms with Crippen molar-refractivity contribution in [3.05, 3.63) is 23.8 Å². The standard InChI is InChI=1S/C14H19NO3.ClH/c15-14(10-3-5-16-6-4-10)11-1-2-12-13(9-11)18-8-7-17-12;/h1-2,9-10,14H,3-8,15H2;1H/t14-;/m1./s1. The molecule has 106 valence electrons. The molecule has 0 spiro atoms. The Morgan fingerprint density at radius 3 is 2.42 bits per heavy atom. The molecular weight excluding hydrogens is 266 g/mol. The molecule has 0 bridgehead atoms. The maximum absolute atomic E-state index is 6.35. The van der Waals surface area contributed by atoms with Crippen LogP contribution >= 0.6 is 12.4 Å². The number of ether oxygens (including phenoxy) is 3. The molecule has 2 aliphatic rings. The van der Waals surface area contributed by atoms with E-state index in [1.807, 2.05) is 18.2 Å². The van der Waals surface area contributed by atoms with Crippen molar-refractivity contribution >= 4 is 12.4 Å². The number of fused-ring (bicyclic) bond motifs is 1. The number of benzene rings is 1. The van der Waals surface area contributed by atoms with Crippen LogP contribution in [0.3, 0.4) is 0 Å². The molecule has 1 saturated heterocycles. The summed E-state index contributed by atoms with van der Waals surface area (Å²) in [7, 11) is 0. The number of hydrogen-bond acceptors (Lipinski definition) is 4. The second kappa shape index (κ2) is 6.46. The van der Waals surface area contributed by atoms with E-state index in [0.29, 0.717) is 19.1 Å². The largest absolute Gasteiger partial charge is 0.486 e.